The van der Waals surface area contributed by atoms with Crippen molar-refractivity contribution in [2.24, 2.45) is 0 Å². The zero-order valence-corrected chi connectivity index (χ0v) is 18.0. The summed E-state index contributed by atoms with van der Waals surface area (Å²) in [6.45, 7) is 0. The van der Waals surface area contributed by atoms with E-state index in [0.717, 1.165) is 16.9 Å². The zero-order valence-electron chi connectivity index (χ0n) is 16.4. The molecule has 3 rings (SSSR count). The number of carbonyl (C=O) groups excluding carboxylic acids is 1. The third-order valence-corrected chi connectivity index (χ3v) is 6.05. The van der Waals surface area contributed by atoms with Crippen molar-refractivity contribution in [1.29, 1.82) is 5.26 Å². The summed E-state index contributed by atoms with van der Waals surface area (Å²) in [4.78, 5) is 11.2. The number of benzene rings is 2. The summed E-state index contributed by atoms with van der Waals surface area (Å²) in [5, 5.41) is 14.0. The third kappa shape index (κ3) is 5.20. The summed E-state index contributed by atoms with van der Waals surface area (Å²) in [5.74, 6) is -3.39. The van der Waals surface area contributed by atoms with Crippen LogP contribution in [-0.2, 0) is 22.4 Å². The predicted molar refractivity (Wildman–Crippen MR) is 102 cm³/mol. The summed E-state index contributed by atoms with van der Waals surface area (Å²) < 4.78 is 120. The van der Waals surface area contributed by atoms with Gasteiger partial charge in [0.05, 0.1) is 22.2 Å². The number of hydrogen-bond donors (Lipinski definition) is 1. The number of rotatable bonds is 4. The maximum atomic E-state index is 14.3. The average Bonchev–Trinajstić information content (AvgIpc) is 3.18. The Balaban J connectivity index is 2.08. The van der Waals surface area contributed by atoms with Gasteiger partial charge in [-0.25, -0.2) is 22.2 Å². The van der Waals surface area contributed by atoms with Gasteiger partial charge in [0.2, 0.25) is 0 Å². The van der Waals surface area contributed by atoms with Crippen molar-refractivity contribution < 1.29 is 43.9 Å². The molecule has 1 aromatic heterocycles. The highest BCUT2D eigenvalue weighted by Gasteiger charge is 2.43. The summed E-state index contributed by atoms with van der Waals surface area (Å²) in [6.07, 6.45) is -10.4. The predicted octanol–water partition coefficient (Wildman–Crippen LogP) is 4.09. The smallest absolute Gasteiger partial charge is 0.266 e. The molecule has 3 aromatic rings. The molecule has 0 radical (unpaired) electrons. The van der Waals surface area contributed by atoms with Crippen molar-refractivity contribution in [3.8, 4) is 11.8 Å². The van der Waals surface area contributed by atoms with Crippen molar-refractivity contribution >= 4 is 27.5 Å². The first-order valence-corrected chi connectivity index (χ1v) is 10.6. The molecule has 0 spiro atoms. The Hall–Kier alpha value is -3.71. The van der Waals surface area contributed by atoms with Crippen molar-refractivity contribution in [3.05, 3.63) is 69.8 Å². The van der Waals surface area contributed by atoms with Gasteiger partial charge in [0.1, 0.15) is 16.4 Å². The van der Waals surface area contributed by atoms with Gasteiger partial charge in [0.25, 0.3) is 15.9 Å². The molecule has 0 aliphatic carbocycles. The van der Waals surface area contributed by atoms with Gasteiger partial charge in [0, 0.05) is 0 Å². The number of aromatic nitrogens is 3. The monoisotopic (exact) mass is 541 g/mol. The summed E-state index contributed by atoms with van der Waals surface area (Å²) >= 11 is 5.62. The lowest BCUT2D eigenvalue weighted by Crippen LogP contribution is -2.33. The fourth-order valence-corrected chi connectivity index (χ4v) is 4.20. The first kappa shape index (κ1) is 25.9. The van der Waals surface area contributed by atoms with Crippen LogP contribution in [0.1, 0.15) is 27.3 Å². The minimum absolute atomic E-state index is 0.0750. The van der Waals surface area contributed by atoms with Gasteiger partial charge in [-0.1, -0.05) is 16.8 Å². The molecule has 17 heteroatoms. The number of carbonyl (C=O) groups is 1. The Kier molecular flexibility index (Phi) is 6.53. The highest BCUT2D eigenvalue weighted by molar-refractivity contribution is 7.90. The lowest BCUT2D eigenvalue weighted by Gasteiger charge is -2.13. The van der Waals surface area contributed by atoms with Crippen LogP contribution >= 0.6 is 11.6 Å². The van der Waals surface area contributed by atoms with Crippen LogP contribution in [-0.4, -0.2) is 29.3 Å². The lowest BCUT2D eigenvalue weighted by atomic mass is 10.2. The maximum absolute atomic E-state index is 14.3. The molecule has 8 nitrogen and oxygen atoms in total. The number of hydrogen-bond acceptors (Lipinski definition) is 6. The first-order chi connectivity index (χ1) is 16.1. The number of halogens is 8. The molecule has 0 saturated carbocycles. The van der Waals surface area contributed by atoms with Crippen LogP contribution in [0, 0.1) is 17.1 Å². The van der Waals surface area contributed by atoms with Crippen LogP contribution in [0.3, 0.4) is 0 Å². The molecule has 1 heterocycles. The Morgan fingerprint density at radius 1 is 1.06 bits per heavy atom. The molecule has 0 aliphatic heterocycles. The van der Waals surface area contributed by atoms with E-state index in [1.54, 1.807) is 6.07 Å². The minimum Gasteiger partial charge on any atom is -0.266 e. The Morgan fingerprint density at radius 2 is 1.71 bits per heavy atom. The van der Waals surface area contributed by atoms with E-state index in [2.05, 4.69) is 10.3 Å². The fourth-order valence-electron chi connectivity index (χ4n) is 2.72. The summed E-state index contributed by atoms with van der Waals surface area (Å²) in [7, 11) is -5.24. The van der Waals surface area contributed by atoms with E-state index in [1.165, 1.54) is 0 Å². The molecule has 0 unspecified atom stereocenters. The molecular formula is C18H7ClF7N5O3S. The van der Waals surface area contributed by atoms with Gasteiger partial charge in [-0.2, -0.15) is 31.6 Å². The van der Waals surface area contributed by atoms with Crippen LogP contribution in [0.4, 0.5) is 30.7 Å². The van der Waals surface area contributed by atoms with Crippen molar-refractivity contribution in [2.75, 3.05) is 0 Å². The van der Waals surface area contributed by atoms with Crippen LogP contribution in [0.5, 0.6) is 0 Å². The number of sulfonamides is 1. The number of nitrogens with zero attached hydrogens (tertiary/aromatic N) is 4. The van der Waals surface area contributed by atoms with E-state index in [9.17, 15) is 43.9 Å². The molecule has 0 bridgehead atoms. The molecule has 1 amide bonds. The molecule has 0 aliphatic rings. The van der Waals surface area contributed by atoms with E-state index in [1.807, 2.05) is 0 Å². The molecule has 2 aromatic carbocycles. The number of nitriles is 1. The highest BCUT2D eigenvalue weighted by atomic mass is 35.5. The molecule has 0 fully saturated rings. The largest absolute Gasteiger partial charge is 0.435 e. The number of nitrogens with one attached hydrogen (secondary N) is 1. The fraction of sp³-hybridized carbons (Fsp3) is 0.111. The standard InChI is InChI=1S/C18H7ClF7N5O3S/c19-10-3-2-9(17(21,22)23)6-13(10)35(33,34)29-16(32)14-15(18(24,25)26)31(30-28-14)12-4-1-8(7-27)5-11(12)20/h1-6H,(H,29,32). The molecule has 1 N–H and O–H groups in total. The zero-order chi connectivity index (χ0) is 26.3. The molecular weight excluding hydrogens is 535 g/mol. The molecule has 0 saturated heterocycles. The van der Waals surface area contributed by atoms with E-state index < -0.39 is 66.7 Å². The van der Waals surface area contributed by atoms with Gasteiger partial charge in [0.15, 0.2) is 11.4 Å². The van der Waals surface area contributed by atoms with E-state index in [-0.39, 0.29) is 16.3 Å². The normalized spacial score (nSPS) is 12.3. The van der Waals surface area contributed by atoms with Gasteiger partial charge in [-0.15, -0.1) is 5.10 Å². The second-order valence-corrected chi connectivity index (χ2v) is 8.61. The first-order valence-electron chi connectivity index (χ1n) is 8.73. The summed E-state index contributed by atoms with van der Waals surface area (Å²) in [5.41, 5.74) is -6.22. The van der Waals surface area contributed by atoms with E-state index in [0.29, 0.717) is 18.2 Å². The van der Waals surface area contributed by atoms with Crippen LogP contribution in [0.2, 0.25) is 5.02 Å². The van der Waals surface area contributed by atoms with Crippen molar-refractivity contribution in [2.45, 2.75) is 17.2 Å². The SMILES string of the molecule is N#Cc1ccc(-n2nnc(C(=O)NS(=O)(=O)c3cc(C(F)(F)F)ccc3Cl)c2C(F)(F)F)c(F)c1. The van der Waals surface area contributed by atoms with Gasteiger partial charge in [-0.05, 0) is 36.4 Å². The van der Waals surface area contributed by atoms with Crippen molar-refractivity contribution in [3.63, 3.8) is 0 Å². The van der Waals surface area contributed by atoms with Gasteiger partial charge in [-0.3, -0.25) is 4.79 Å². The second-order valence-electron chi connectivity index (χ2n) is 6.55. The van der Waals surface area contributed by atoms with Crippen LogP contribution < -0.4 is 4.72 Å². The second kappa shape index (κ2) is 8.82. The minimum atomic E-state index is -5.44. The maximum Gasteiger partial charge on any atom is 0.435 e. The average molecular weight is 542 g/mol. The van der Waals surface area contributed by atoms with E-state index in [4.69, 9.17) is 16.9 Å². The topological polar surface area (TPSA) is 118 Å². The van der Waals surface area contributed by atoms with Crippen molar-refractivity contribution in [1.82, 2.24) is 19.7 Å². The number of alkyl halides is 6. The molecule has 35 heavy (non-hydrogen) atoms. The quantitative estimate of drug-likeness (QED) is 0.497. The molecule has 184 valence electrons. The Labute approximate surface area is 195 Å². The van der Waals surface area contributed by atoms with Crippen LogP contribution in [0.15, 0.2) is 41.3 Å². The Morgan fingerprint density at radius 3 is 2.26 bits per heavy atom. The van der Waals surface area contributed by atoms with E-state index >= 15 is 0 Å². The third-order valence-electron chi connectivity index (χ3n) is 4.23. The highest BCUT2D eigenvalue weighted by Crippen LogP contribution is 2.35. The lowest BCUT2D eigenvalue weighted by molar-refractivity contribution is -0.143. The van der Waals surface area contributed by atoms with Gasteiger partial charge >= 0.3 is 12.4 Å². The summed E-state index contributed by atoms with van der Waals surface area (Å²) in [6, 6.07) is 4.90. The molecule has 0 atom stereocenters. The number of amides is 1. The van der Waals surface area contributed by atoms with Gasteiger partial charge < -0.3 is 0 Å². The van der Waals surface area contributed by atoms with Crippen LogP contribution in [0.25, 0.3) is 5.69 Å². The Bertz CT molecular complexity index is 1480.